The Kier molecular flexibility index (Phi) is 7.26. The summed E-state index contributed by atoms with van der Waals surface area (Å²) in [4.78, 5) is 48.9. The van der Waals surface area contributed by atoms with E-state index >= 15 is 0 Å². The van der Waals surface area contributed by atoms with Gasteiger partial charge in [0.1, 0.15) is 17.6 Å². The molecule has 1 atom stereocenters. The van der Waals surface area contributed by atoms with Crippen LogP contribution in [0.3, 0.4) is 0 Å². The van der Waals surface area contributed by atoms with Crippen molar-refractivity contribution in [3.05, 3.63) is 46.0 Å². The Hall–Kier alpha value is -3.27. The number of carbonyl (C=O) groups excluding carboxylic acids is 2. The molecule has 1 aliphatic heterocycles. The number of nitrogens with one attached hydrogen (secondary N) is 2. The maximum Gasteiger partial charge on any atom is 0.273 e. The Morgan fingerprint density at radius 2 is 1.97 bits per heavy atom. The Bertz CT molecular complexity index is 1250. The normalized spacial score (nSPS) is 16.0. The summed E-state index contributed by atoms with van der Waals surface area (Å²) >= 11 is 1.27. The molecule has 2 N–H and O–H groups in total. The van der Waals surface area contributed by atoms with E-state index in [1.807, 2.05) is 39.0 Å². The number of fused-ring (bicyclic) bond motifs is 1. The molecule has 34 heavy (non-hydrogen) atoms. The predicted molar refractivity (Wildman–Crippen MR) is 134 cm³/mol. The number of hydrogen-bond acceptors (Lipinski definition) is 7. The second kappa shape index (κ2) is 10.3. The highest BCUT2D eigenvalue weighted by Crippen LogP contribution is 2.29. The lowest BCUT2D eigenvalue weighted by atomic mass is 9.97. The SMILES string of the molecule is CCCNC(=O)[C@H]1CCCN(c2nc3ncn(CC(=O)Nc4cc(C)cc(C)c4)c(=O)c3s2)C1. The first-order valence-corrected chi connectivity index (χ1v) is 12.4. The van der Waals surface area contributed by atoms with Crippen LogP contribution < -0.4 is 21.1 Å². The number of piperidine rings is 1. The molecule has 1 saturated heterocycles. The summed E-state index contributed by atoms with van der Waals surface area (Å²) in [5, 5.41) is 6.51. The van der Waals surface area contributed by atoms with Gasteiger partial charge in [-0.05, 0) is 56.4 Å². The molecule has 1 aromatic carbocycles. The van der Waals surface area contributed by atoms with E-state index in [0.29, 0.717) is 34.3 Å². The van der Waals surface area contributed by atoms with Gasteiger partial charge in [-0.15, -0.1) is 0 Å². The van der Waals surface area contributed by atoms with Gasteiger partial charge in [-0.3, -0.25) is 19.0 Å². The second-order valence-electron chi connectivity index (χ2n) is 8.83. The lowest BCUT2D eigenvalue weighted by molar-refractivity contribution is -0.125. The fourth-order valence-corrected chi connectivity index (χ4v) is 5.25. The topological polar surface area (TPSA) is 109 Å². The van der Waals surface area contributed by atoms with Crippen LogP contribution in [0.25, 0.3) is 10.3 Å². The number of anilines is 2. The Morgan fingerprint density at radius 1 is 1.21 bits per heavy atom. The zero-order valence-corrected chi connectivity index (χ0v) is 20.6. The Labute approximate surface area is 202 Å². The number of benzene rings is 1. The van der Waals surface area contributed by atoms with Crippen LogP contribution in [-0.4, -0.2) is 46.0 Å². The smallest absolute Gasteiger partial charge is 0.273 e. The van der Waals surface area contributed by atoms with Gasteiger partial charge in [0, 0.05) is 25.3 Å². The van der Waals surface area contributed by atoms with E-state index in [-0.39, 0.29) is 29.8 Å². The third-order valence-electron chi connectivity index (χ3n) is 5.80. The number of nitrogens with zero attached hydrogens (tertiary/aromatic N) is 4. The number of thiazole rings is 1. The van der Waals surface area contributed by atoms with Crippen molar-refractivity contribution in [2.24, 2.45) is 5.92 Å². The molecule has 0 aliphatic carbocycles. The largest absolute Gasteiger partial charge is 0.356 e. The van der Waals surface area contributed by atoms with Gasteiger partial charge in [0.05, 0.1) is 5.92 Å². The van der Waals surface area contributed by atoms with Crippen molar-refractivity contribution in [3.8, 4) is 0 Å². The highest BCUT2D eigenvalue weighted by atomic mass is 32.1. The quantitative estimate of drug-likeness (QED) is 0.536. The van der Waals surface area contributed by atoms with Crippen LogP contribution in [-0.2, 0) is 16.1 Å². The van der Waals surface area contributed by atoms with E-state index in [1.165, 1.54) is 22.2 Å². The molecule has 9 nitrogen and oxygen atoms in total. The summed E-state index contributed by atoms with van der Waals surface area (Å²) in [7, 11) is 0. The summed E-state index contributed by atoms with van der Waals surface area (Å²) in [6.07, 6.45) is 4.00. The minimum Gasteiger partial charge on any atom is -0.356 e. The van der Waals surface area contributed by atoms with Crippen LogP contribution in [0, 0.1) is 19.8 Å². The van der Waals surface area contributed by atoms with E-state index < -0.39 is 0 Å². The Morgan fingerprint density at radius 3 is 2.71 bits per heavy atom. The van der Waals surface area contributed by atoms with Crippen LogP contribution in [0.5, 0.6) is 0 Å². The van der Waals surface area contributed by atoms with Crippen LogP contribution >= 0.6 is 11.3 Å². The third-order valence-corrected chi connectivity index (χ3v) is 6.90. The van der Waals surface area contributed by atoms with Crippen molar-refractivity contribution in [1.82, 2.24) is 19.9 Å². The third kappa shape index (κ3) is 5.44. The standard InChI is InChI=1S/C24H30N6O3S/c1-4-7-25-22(32)17-6-5-8-29(12-17)24-28-21-20(34-24)23(33)30(14-26-21)13-19(31)27-18-10-15(2)9-16(3)11-18/h9-11,14,17H,4-8,12-13H2,1-3H3,(H,25,32)(H,27,31)/t17-/m0/s1. The van der Waals surface area contributed by atoms with E-state index in [0.717, 1.165) is 36.9 Å². The maximum atomic E-state index is 13.0. The van der Waals surface area contributed by atoms with Crippen molar-refractivity contribution >= 4 is 44.3 Å². The summed E-state index contributed by atoms with van der Waals surface area (Å²) in [5.74, 6) is -0.316. The highest BCUT2D eigenvalue weighted by molar-refractivity contribution is 7.22. The molecule has 180 valence electrons. The molecular weight excluding hydrogens is 452 g/mol. The molecule has 2 aromatic heterocycles. The van der Waals surface area contributed by atoms with Gasteiger partial charge < -0.3 is 15.5 Å². The zero-order valence-electron chi connectivity index (χ0n) is 19.8. The van der Waals surface area contributed by atoms with E-state index in [1.54, 1.807) is 0 Å². The van der Waals surface area contributed by atoms with Crippen LogP contribution in [0.4, 0.5) is 10.8 Å². The van der Waals surface area contributed by atoms with E-state index in [9.17, 15) is 14.4 Å². The second-order valence-corrected chi connectivity index (χ2v) is 9.81. The average Bonchev–Trinajstić information content (AvgIpc) is 3.24. The molecule has 1 fully saturated rings. The summed E-state index contributed by atoms with van der Waals surface area (Å²) in [6, 6.07) is 5.81. The molecule has 10 heteroatoms. The first kappa shape index (κ1) is 23.9. The van der Waals surface area contributed by atoms with E-state index in [4.69, 9.17) is 0 Å². The van der Waals surface area contributed by atoms with Crippen molar-refractivity contribution in [2.75, 3.05) is 29.9 Å². The number of aryl methyl sites for hydroxylation is 2. The summed E-state index contributed by atoms with van der Waals surface area (Å²) in [5.41, 5.74) is 2.88. The first-order valence-electron chi connectivity index (χ1n) is 11.6. The van der Waals surface area contributed by atoms with Gasteiger partial charge in [0.15, 0.2) is 10.8 Å². The average molecular weight is 483 g/mol. The first-order chi connectivity index (χ1) is 16.3. The Balaban J connectivity index is 1.48. The molecule has 2 amide bonds. The fourth-order valence-electron chi connectivity index (χ4n) is 4.24. The van der Waals surface area contributed by atoms with Crippen LogP contribution in [0.1, 0.15) is 37.3 Å². The lowest BCUT2D eigenvalue weighted by Gasteiger charge is -2.31. The van der Waals surface area contributed by atoms with Gasteiger partial charge in [-0.25, -0.2) is 4.98 Å². The summed E-state index contributed by atoms with van der Waals surface area (Å²) < 4.78 is 1.72. The van der Waals surface area contributed by atoms with Gasteiger partial charge in [0.2, 0.25) is 11.8 Å². The predicted octanol–water partition coefficient (Wildman–Crippen LogP) is 2.85. The van der Waals surface area contributed by atoms with E-state index in [2.05, 4.69) is 25.5 Å². The number of rotatable bonds is 7. The minimum atomic E-state index is -0.296. The van der Waals surface area contributed by atoms with Crippen LogP contribution in [0.15, 0.2) is 29.3 Å². The lowest BCUT2D eigenvalue weighted by Crippen LogP contribution is -2.43. The number of aromatic nitrogens is 3. The molecule has 0 radical (unpaired) electrons. The van der Waals surface area contributed by atoms with Crippen molar-refractivity contribution < 1.29 is 9.59 Å². The molecule has 0 bridgehead atoms. The van der Waals surface area contributed by atoms with Crippen molar-refractivity contribution in [2.45, 2.75) is 46.6 Å². The molecule has 0 saturated carbocycles. The van der Waals surface area contributed by atoms with Crippen molar-refractivity contribution in [1.29, 1.82) is 0 Å². The van der Waals surface area contributed by atoms with Gasteiger partial charge in [0.25, 0.3) is 5.56 Å². The molecule has 3 heterocycles. The molecular formula is C24H30N6O3S. The molecule has 0 spiro atoms. The minimum absolute atomic E-state index is 0.0722. The fraction of sp³-hybridized carbons (Fsp3) is 0.458. The zero-order chi connectivity index (χ0) is 24.2. The summed E-state index contributed by atoms with van der Waals surface area (Å²) in [6.45, 7) is 7.86. The molecule has 0 unspecified atom stereocenters. The molecule has 4 rings (SSSR count). The number of amides is 2. The monoisotopic (exact) mass is 482 g/mol. The van der Waals surface area contributed by atoms with Crippen LogP contribution in [0.2, 0.25) is 0 Å². The number of hydrogen-bond donors (Lipinski definition) is 2. The van der Waals surface area contributed by atoms with Crippen molar-refractivity contribution in [3.63, 3.8) is 0 Å². The van der Waals surface area contributed by atoms with Gasteiger partial charge in [-0.2, -0.15) is 4.98 Å². The van der Waals surface area contributed by atoms with Gasteiger partial charge in [-0.1, -0.05) is 24.3 Å². The van der Waals surface area contributed by atoms with Gasteiger partial charge >= 0.3 is 0 Å². The molecule has 3 aromatic rings. The number of carbonyl (C=O) groups is 2. The highest BCUT2D eigenvalue weighted by Gasteiger charge is 2.27. The maximum absolute atomic E-state index is 13.0. The molecule has 1 aliphatic rings.